The number of benzene rings is 2. The summed E-state index contributed by atoms with van der Waals surface area (Å²) in [5, 5.41) is 6.83. The van der Waals surface area contributed by atoms with Crippen LogP contribution in [0.3, 0.4) is 0 Å². The molecule has 0 aliphatic carbocycles. The molecule has 0 saturated carbocycles. The van der Waals surface area contributed by atoms with Gasteiger partial charge in [-0.2, -0.15) is 0 Å². The minimum Gasteiger partial charge on any atom is -0.381 e. The molecule has 0 aromatic heterocycles. The van der Waals surface area contributed by atoms with E-state index in [1.807, 2.05) is 41.3 Å². The summed E-state index contributed by atoms with van der Waals surface area (Å²) in [6, 6.07) is 14.9. The van der Waals surface area contributed by atoms with Gasteiger partial charge in [-0.25, -0.2) is 4.39 Å². The highest BCUT2D eigenvalue weighted by Gasteiger charge is 2.34. The number of carbonyl (C=O) groups excluding carboxylic acids is 1. The van der Waals surface area contributed by atoms with Gasteiger partial charge in [-0.3, -0.25) is 9.79 Å². The van der Waals surface area contributed by atoms with Gasteiger partial charge >= 0.3 is 0 Å². The van der Waals surface area contributed by atoms with E-state index in [-0.39, 0.29) is 41.1 Å². The molecule has 2 aromatic rings. The van der Waals surface area contributed by atoms with Crippen molar-refractivity contribution < 1.29 is 13.9 Å². The standard InChI is InChI=1S/C25H31FN4O2.HI/c1-27-24(28-17-19-4-10-22(11-5-19)30-14-2-3-23(30)31)29-18-25(12-15-32-16-13-25)20-6-8-21(26)9-7-20;/h4-11H,2-3,12-18H2,1H3,(H2,27,28,29);1H. The van der Waals surface area contributed by atoms with E-state index >= 15 is 0 Å². The van der Waals surface area contributed by atoms with Crippen molar-refractivity contribution in [3.05, 3.63) is 65.5 Å². The summed E-state index contributed by atoms with van der Waals surface area (Å²) < 4.78 is 19.0. The normalized spacial score (nSPS) is 18.1. The number of hydrogen-bond acceptors (Lipinski definition) is 3. The van der Waals surface area contributed by atoms with Crippen LogP contribution in [0.2, 0.25) is 0 Å². The zero-order valence-electron chi connectivity index (χ0n) is 19.0. The maximum Gasteiger partial charge on any atom is 0.227 e. The van der Waals surface area contributed by atoms with Gasteiger partial charge in [0.25, 0.3) is 0 Å². The van der Waals surface area contributed by atoms with E-state index in [9.17, 15) is 9.18 Å². The Labute approximate surface area is 212 Å². The smallest absolute Gasteiger partial charge is 0.227 e. The molecule has 33 heavy (non-hydrogen) atoms. The monoisotopic (exact) mass is 566 g/mol. The average molecular weight is 566 g/mol. The van der Waals surface area contributed by atoms with Crippen molar-refractivity contribution in [2.75, 3.05) is 38.3 Å². The van der Waals surface area contributed by atoms with Crippen LogP contribution in [0.1, 0.15) is 36.8 Å². The van der Waals surface area contributed by atoms with Gasteiger partial charge in [-0.15, -0.1) is 24.0 Å². The first-order chi connectivity index (χ1) is 15.6. The lowest BCUT2D eigenvalue weighted by Crippen LogP contribution is -2.47. The molecule has 4 rings (SSSR count). The number of carbonyl (C=O) groups is 1. The molecule has 0 unspecified atom stereocenters. The van der Waals surface area contributed by atoms with Crippen LogP contribution in [0.15, 0.2) is 53.5 Å². The van der Waals surface area contributed by atoms with E-state index in [1.54, 1.807) is 7.05 Å². The van der Waals surface area contributed by atoms with Crippen molar-refractivity contribution in [1.82, 2.24) is 10.6 Å². The molecule has 0 bridgehead atoms. The first-order valence-corrected chi connectivity index (χ1v) is 11.3. The molecule has 2 N–H and O–H groups in total. The second-order valence-electron chi connectivity index (χ2n) is 8.49. The average Bonchev–Trinajstić information content (AvgIpc) is 3.26. The second-order valence-corrected chi connectivity index (χ2v) is 8.49. The number of nitrogens with zero attached hydrogens (tertiary/aromatic N) is 2. The number of rotatable bonds is 6. The zero-order valence-corrected chi connectivity index (χ0v) is 21.3. The van der Waals surface area contributed by atoms with Crippen LogP contribution in [0, 0.1) is 5.82 Å². The first-order valence-electron chi connectivity index (χ1n) is 11.3. The zero-order chi connectivity index (χ0) is 22.4. The van der Waals surface area contributed by atoms with Gasteiger partial charge in [0.1, 0.15) is 5.82 Å². The molecule has 6 nitrogen and oxygen atoms in total. The van der Waals surface area contributed by atoms with Crippen molar-refractivity contribution >= 4 is 41.5 Å². The largest absolute Gasteiger partial charge is 0.381 e. The number of hydrogen-bond donors (Lipinski definition) is 2. The van der Waals surface area contributed by atoms with Crippen LogP contribution in [0.25, 0.3) is 0 Å². The van der Waals surface area contributed by atoms with Gasteiger partial charge in [0.2, 0.25) is 5.91 Å². The summed E-state index contributed by atoms with van der Waals surface area (Å²) in [7, 11) is 1.76. The van der Waals surface area contributed by atoms with Crippen LogP contribution in [0.5, 0.6) is 0 Å². The molecule has 2 aliphatic heterocycles. The van der Waals surface area contributed by atoms with Gasteiger partial charge in [-0.1, -0.05) is 24.3 Å². The number of ether oxygens (including phenoxy) is 1. The van der Waals surface area contributed by atoms with Crippen molar-refractivity contribution in [3.8, 4) is 0 Å². The quantitative estimate of drug-likeness (QED) is 0.316. The van der Waals surface area contributed by atoms with E-state index in [2.05, 4.69) is 15.6 Å². The molecule has 2 saturated heterocycles. The molecule has 1 amide bonds. The molecule has 0 atom stereocenters. The lowest BCUT2D eigenvalue weighted by Gasteiger charge is -2.38. The van der Waals surface area contributed by atoms with Crippen LogP contribution >= 0.6 is 24.0 Å². The third kappa shape index (κ3) is 6.23. The van der Waals surface area contributed by atoms with E-state index in [4.69, 9.17) is 4.74 Å². The molecule has 2 fully saturated rings. The van der Waals surface area contributed by atoms with Crippen LogP contribution in [-0.4, -0.2) is 45.2 Å². The number of aliphatic imine (C=N–C) groups is 1. The van der Waals surface area contributed by atoms with E-state index in [1.165, 1.54) is 12.1 Å². The molecule has 8 heteroatoms. The molecule has 0 spiro atoms. The SMILES string of the molecule is CN=C(NCc1ccc(N2CCCC2=O)cc1)NCC1(c2ccc(F)cc2)CCOCC1.I. The van der Waals surface area contributed by atoms with Crippen LogP contribution < -0.4 is 15.5 Å². The predicted molar refractivity (Wildman–Crippen MR) is 140 cm³/mol. The number of halogens is 2. The summed E-state index contributed by atoms with van der Waals surface area (Å²) >= 11 is 0. The molecular formula is C25H32FIN4O2. The first kappa shape index (κ1) is 25.4. The Kier molecular flexibility index (Phi) is 9.08. The van der Waals surface area contributed by atoms with E-state index in [0.29, 0.717) is 32.7 Å². The highest BCUT2D eigenvalue weighted by Crippen LogP contribution is 2.34. The second kappa shape index (κ2) is 11.8. The molecule has 178 valence electrons. The van der Waals surface area contributed by atoms with Crippen molar-refractivity contribution in [1.29, 1.82) is 0 Å². The van der Waals surface area contributed by atoms with Gasteiger partial charge in [0.15, 0.2) is 5.96 Å². The Hall–Kier alpha value is -2.20. The Morgan fingerprint density at radius 3 is 2.39 bits per heavy atom. The Balaban J connectivity index is 0.00000306. The van der Waals surface area contributed by atoms with Crippen LogP contribution in [0.4, 0.5) is 10.1 Å². The predicted octanol–water partition coefficient (Wildman–Crippen LogP) is 3.98. The summed E-state index contributed by atoms with van der Waals surface area (Å²) in [6.45, 7) is 3.50. The Morgan fingerprint density at radius 2 is 1.79 bits per heavy atom. The number of anilines is 1. The summed E-state index contributed by atoms with van der Waals surface area (Å²) in [5.74, 6) is 0.696. The lowest BCUT2D eigenvalue weighted by molar-refractivity contribution is -0.117. The molecule has 2 heterocycles. The fourth-order valence-electron chi connectivity index (χ4n) is 4.51. The Bertz CT molecular complexity index is 944. The molecular weight excluding hydrogens is 534 g/mol. The van der Waals surface area contributed by atoms with Crippen LogP contribution in [-0.2, 0) is 21.5 Å². The summed E-state index contributed by atoms with van der Waals surface area (Å²) in [5.41, 5.74) is 3.08. The number of amides is 1. The van der Waals surface area contributed by atoms with Gasteiger partial charge < -0.3 is 20.3 Å². The van der Waals surface area contributed by atoms with Gasteiger partial charge in [0.05, 0.1) is 0 Å². The van der Waals surface area contributed by atoms with Gasteiger partial charge in [0, 0.05) is 57.4 Å². The third-order valence-electron chi connectivity index (χ3n) is 6.51. The molecule has 2 aliphatic rings. The maximum atomic E-state index is 13.5. The lowest BCUT2D eigenvalue weighted by atomic mass is 9.74. The molecule has 0 radical (unpaired) electrons. The fraction of sp³-hybridized carbons (Fsp3) is 0.440. The highest BCUT2D eigenvalue weighted by molar-refractivity contribution is 14.0. The van der Waals surface area contributed by atoms with E-state index < -0.39 is 0 Å². The van der Waals surface area contributed by atoms with E-state index in [0.717, 1.165) is 48.6 Å². The van der Waals surface area contributed by atoms with Gasteiger partial charge in [-0.05, 0) is 54.7 Å². The maximum absolute atomic E-state index is 13.5. The third-order valence-corrected chi connectivity index (χ3v) is 6.51. The van der Waals surface area contributed by atoms with Crippen molar-refractivity contribution in [2.24, 2.45) is 4.99 Å². The topological polar surface area (TPSA) is 66.0 Å². The minimum absolute atomic E-state index is 0. The van der Waals surface area contributed by atoms with Crippen molar-refractivity contribution in [3.63, 3.8) is 0 Å². The summed E-state index contributed by atoms with van der Waals surface area (Å²) in [4.78, 5) is 18.1. The van der Waals surface area contributed by atoms with Crippen molar-refractivity contribution in [2.45, 2.75) is 37.6 Å². The highest BCUT2D eigenvalue weighted by atomic mass is 127. The fourth-order valence-corrected chi connectivity index (χ4v) is 4.51. The summed E-state index contributed by atoms with van der Waals surface area (Å²) in [6.07, 6.45) is 3.31. The molecule has 2 aromatic carbocycles. The Morgan fingerprint density at radius 1 is 1.09 bits per heavy atom. The number of guanidine groups is 1. The minimum atomic E-state index is -0.221. The number of nitrogens with one attached hydrogen (secondary N) is 2.